The molecule has 0 unspecified atom stereocenters. The van der Waals surface area contributed by atoms with Gasteiger partial charge in [-0.15, -0.1) is 24.5 Å². The number of nitrogens with one attached hydrogen (secondary N) is 1. The highest BCUT2D eigenvalue weighted by Gasteiger charge is 2.31. The first-order valence-electron chi connectivity index (χ1n) is 7.34. The Labute approximate surface area is 149 Å². The maximum absolute atomic E-state index is 12.2. The molecule has 1 aromatic heterocycles. The summed E-state index contributed by atoms with van der Waals surface area (Å²) in [5.41, 5.74) is 0.975. The summed E-state index contributed by atoms with van der Waals surface area (Å²) >= 11 is 1.10. The van der Waals surface area contributed by atoms with Crippen molar-refractivity contribution < 1.29 is 27.5 Å². The van der Waals surface area contributed by atoms with E-state index >= 15 is 0 Å². The molecule has 3 aromatic rings. The van der Waals surface area contributed by atoms with E-state index in [9.17, 15) is 22.8 Å². The molecule has 0 fully saturated rings. The number of ether oxygens (including phenoxy) is 1. The largest absolute Gasteiger partial charge is 0.573 e. The van der Waals surface area contributed by atoms with Crippen LogP contribution in [0.15, 0.2) is 48.5 Å². The zero-order valence-corrected chi connectivity index (χ0v) is 13.9. The fourth-order valence-corrected chi connectivity index (χ4v) is 3.08. The summed E-state index contributed by atoms with van der Waals surface area (Å²) in [7, 11) is 0. The first-order chi connectivity index (χ1) is 12.3. The highest BCUT2D eigenvalue weighted by Crippen LogP contribution is 2.24. The summed E-state index contributed by atoms with van der Waals surface area (Å²) in [6, 6.07) is 12.2. The summed E-state index contributed by atoms with van der Waals surface area (Å²) < 4.78 is 41.3. The number of rotatable bonds is 5. The van der Waals surface area contributed by atoms with Crippen molar-refractivity contribution >= 4 is 33.2 Å². The zero-order valence-electron chi connectivity index (χ0n) is 13.0. The molecule has 0 aliphatic rings. The maximum Gasteiger partial charge on any atom is 0.573 e. The van der Waals surface area contributed by atoms with Gasteiger partial charge in [-0.25, -0.2) is 4.98 Å². The second-order valence-electron chi connectivity index (χ2n) is 5.19. The maximum atomic E-state index is 12.2. The standard InChI is InChI=1S/C17H11F3N2O3S/c18-17(19,20)25-11-5-3-4-10(8-11)9-21-15(24)14(23)16-22-12-6-1-2-7-13(12)26-16/h1-8H,9H2,(H,21,24). The lowest BCUT2D eigenvalue weighted by atomic mass is 10.2. The Kier molecular flexibility index (Phi) is 4.90. The molecule has 0 atom stereocenters. The summed E-state index contributed by atoms with van der Waals surface area (Å²) in [4.78, 5) is 28.3. The van der Waals surface area contributed by atoms with Crippen LogP contribution in [0, 0.1) is 0 Å². The predicted octanol–water partition coefficient (Wildman–Crippen LogP) is 3.69. The van der Waals surface area contributed by atoms with E-state index in [2.05, 4.69) is 15.0 Å². The molecule has 0 saturated heterocycles. The number of carbonyl (C=O) groups excluding carboxylic acids is 2. The molecular weight excluding hydrogens is 369 g/mol. The van der Waals surface area contributed by atoms with Crippen molar-refractivity contribution in [1.82, 2.24) is 10.3 Å². The molecule has 0 radical (unpaired) electrons. The molecule has 5 nitrogen and oxygen atoms in total. The molecule has 3 rings (SSSR count). The van der Waals surface area contributed by atoms with Crippen LogP contribution in [-0.2, 0) is 11.3 Å². The van der Waals surface area contributed by atoms with E-state index in [1.165, 1.54) is 12.1 Å². The van der Waals surface area contributed by atoms with Crippen LogP contribution in [0.4, 0.5) is 13.2 Å². The van der Waals surface area contributed by atoms with Crippen molar-refractivity contribution in [3.8, 4) is 5.75 Å². The monoisotopic (exact) mass is 380 g/mol. The third kappa shape index (κ3) is 4.37. The molecule has 0 saturated carbocycles. The van der Waals surface area contributed by atoms with Crippen LogP contribution >= 0.6 is 11.3 Å². The molecule has 0 spiro atoms. The third-order valence-electron chi connectivity index (χ3n) is 3.28. The summed E-state index contributed by atoms with van der Waals surface area (Å²) in [5.74, 6) is -2.08. The molecule has 0 aliphatic carbocycles. The summed E-state index contributed by atoms with van der Waals surface area (Å²) in [5, 5.41) is 2.43. The Bertz CT molecular complexity index is 936. The van der Waals surface area contributed by atoms with Crippen molar-refractivity contribution in [3.05, 3.63) is 59.1 Å². The number of fused-ring (bicyclic) bond motifs is 1. The number of alkyl halides is 3. The number of aromatic nitrogens is 1. The molecule has 1 N–H and O–H groups in total. The zero-order chi connectivity index (χ0) is 18.7. The Morgan fingerprint density at radius 2 is 1.88 bits per heavy atom. The van der Waals surface area contributed by atoms with Gasteiger partial charge in [0.25, 0.3) is 11.7 Å². The van der Waals surface area contributed by atoms with Gasteiger partial charge in [-0.05, 0) is 29.8 Å². The number of thiazole rings is 1. The minimum absolute atomic E-state index is 0.0536. The Balaban J connectivity index is 1.65. The average Bonchev–Trinajstić information content (AvgIpc) is 3.02. The number of hydrogen-bond acceptors (Lipinski definition) is 5. The SMILES string of the molecule is O=C(NCc1cccc(OC(F)(F)F)c1)C(=O)c1nc2ccccc2s1. The van der Waals surface area contributed by atoms with E-state index in [1.54, 1.807) is 24.3 Å². The fraction of sp³-hybridized carbons (Fsp3) is 0.118. The number of hydrogen-bond donors (Lipinski definition) is 1. The van der Waals surface area contributed by atoms with Crippen molar-refractivity contribution in [2.45, 2.75) is 12.9 Å². The quantitative estimate of drug-likeness (QED) is 0.541. The van der Waals surface area contributed by atoms with Crippen molar-refractivity contribution in [1.29, 1.82) is 0 Å². The smallest absolute Gasteiger partial charge is 0.406 e. The minimum Gasteiger partial charge on any atom is -0.406 e. The van der Waals surface area contributed by atoms with Crippen LogP contribution in [0.3, 0.4) is 0 Å². The second-order valence-corrected chi connectivity index (χ2v) is 6.22. The van der Waals surface area contributed by atoms with E-state index in [1.807, 2.05) is 0 Å². The summed E-state index contributed by atoms with van der Waals surface area (Å²) in [6.45, 7) is -0.121. The van der Waals surface area contributed by atoms with Crippen LogP contribution < -0.4 is 10.1 Å². The van der Waals surface area contributed by atoms with Crippen LogP contribution in [0.2, 0.25) is 0 Å². The van der Waals surface area contributed by atoms with Crippen molar-refractivity contribution in [3.63, 3.8) is 0 Å². The minimum atomic E-state index is -4.80. The number of nitrogens with zero attached hydrogens (tertiary/aromatic N) is 1. The molecule has 2 aromatic carbocycles. The van der Waals surface area contributed by atoms with E-state index in [-0.39, 0.29) is 11.6 Å². The number of amides is 1. The summed E-state index contributed by atoms with van der Waals surface area (Å²) in [6.07, 6.45) is -4.80. The number of carbonyl (C=O) groups is 2. The normalized spacial score (nSPS) is 11.3. The molecular formula is C17H11F3N2O3S. The van der Waals surface area contributed by atoms with E-state index in [0.29, 0.717) is 11.1 Å². The average molecular weight is 380 g/mol. The van der Waals surface area contributed by atoms with Gasteiger partial charge in [0.2, 0.25) is 0 Å². The Morgan fingerprint density at radius 3 is 2.62 bits per heavy atom. The third-order valence-corrected chi connectivity index (χ3v) is 4.31. The van der Waals surface area contributed by atoms with Gasteiger partial charge < -0.3 is 10.1 Å². The Morgan fingerprint density at radius 1 is 1.12 bits per heavy atom. The van der Waals surface area contributed by atoms with Gasteiger partial charge >= 0.3 is 6.36 Å². The van der Waals surface area contributed by atoms with Crippen molar-refractivity contribution in [2.24, 2.45) is 0 Å². The molecule has 1 amide bonds. The highest BCUT2D eigenvalue weighted by molar-refractivity contribution is 7.20. The number of para-hydroxylation sites is 1. The molecule has 0 aliphatic heterocycles. The lowest BCUT2D eigenvalue weighted by Gasteiger charge is -2.10. The van der Waals surface area contributed by atoms with Gasteiger partial charge in [0.15, 0.2) is 5.01 Å². The lowest BCUT2D eigenvalue weighted by molar-refractivity contribution is -0.274. The highest BCUT2D eigenvalue weighted by atomic mass is 32.1. The number of ketones is 1. The van der Waals surface area contributed by atoms with Gasteiger partial charge in [0, 0.05) is 6.54 Å². The molecule has 134 valence electrons. The fourth-order valence-electron chi connectivity index (χ4n) is 2.18. The van der Waals surface area contributed by atoms with Gasteiger partial charge in [-0.2, -0.15) is 0 Å². The van der Waals surface area contributed by atoms with Crippen LogP contribution in [0.5, 0.6) is 5.75 Å². The van der Waals surface area contributed by atoms with Crippen LogP contribution in [0.1, 0.15) is 15.4 Å². The molecule has 26 heavy (non-hydrogen) atoms. The predicted molar refractivity (Wildman–Crippen MR) is 88.9 cm³/mol. The second kappa shape index (κ2) is 7.12. The van der Waals surface area contributed by atoms with E-state index < -0.39 is 23.8 Å². The first kappa shape index (κ1) is 17.9. The van der Waals surface area contributed by atoms with Gasteiger partial charge in [0.1, 0.15) is 5.75 Å². The topological polar surface area (TPSA) is 68.3 Å². The van der Waals surface area contributed by atoms with Crippen LogP contribution in [-0.4, -0.2) is 23.0 Å². The van der Waals surface area contributed by atoms with Gasteiger partial charge in [0.05, 0.1) is 10.2 Å². The lowest BCUT2D eigenvalue weighted by Crippen LogP contribution is -2.30. The number of benzene rings is 2. The van der Waals surface area contributed by atoms with E-state index in [4.69, 9.17) is 0 Å². The van der Waals surface area contributed by atoms with E-state index in [0.717, 1.165) is 28.2 Å². The van der Waals surface area contributed by atoms with Crippen LogP contribution in [0.25, 0.3) is 10.2 Å². The molecule has 9 heteroatoms. The molecule has 1 heterocycles. The van der Waals surface area contributed by atoms with Gasteiger partial charge in [-0.3, -0.25) is 9.59 Å². The Hall–Kier alpha value is -2.94. The number of halogens is 3. The molecule has 0 bridgehead atoms. The number of Topliss-reactive ketones (excluding diaryl/α,β-unsaturated/α-hetero) is 1. The first-order valence-corrected chi connectivity index (χ1v) is 8.16. The van der Waals surface area contributed by atoms with Crippen molar-refractivity contribution in [2.75, 3.05) is 0 Å². The van der Waals surface area contributed by atoms with Gasteiger partial charge in [-0.1, -0.05) is 24.3 Å².